The molecule has 0 aliphatic carbocycles. The molecule has 0 aromatic heterocycles. The zero-order chi connectivity index (χ0) is 14.3. The van der Waals surface area contributed by atoms with Crippen LogP contribution in [0.3, 0.4) is 0 Å². The SMILES string of the molecule is CCCC(CBr)(CCC)COc1ccc(Cl)c(F)c1. The van der Waals surface area contributed by atoms with Gasteiger partial charge in [0.2, 0.25) is 0 Å². The van der Waals surface area contributed by atoms with E-state index in [4.69, 9.17) is 16.3 Å². The van der Waals surface area contributed by atoms with E-state index < -0.39 is 5.82 Å². The summed E-state index contributed by atoms with van der Waals surface area (Å²) >= 11 is 9.26. The molecule has 0 saturated carbocycles. The molecule has 19 heavy (non-hydrogen) atoms. The molecular weight excluding hydrogens is 331 g/mol. The van der Waals surface area contributed by atoms with E-state index in [2.05, 4.69) is 29.8 Å². The second-order valence-corrected chi connectivity index (χ2v) is 5.97. The molecule has 1 aromatic rings. The van der Waals surface area contributed by atoms with Crippen molar-refractivity contribution >= 4 is 27.5 Å². The van der Waals surface area contributed by atoms with Crippen molar-refractivity contribution in [2.75, 3.05) is 11.9 Å². The molecule has 0 aliphatic rings. The van der Waals surface area contributed by atoms with Gasteiger partial charge in [0.05, 0.1) is 11.6 Å². The first-order chi connectivity index (χ1) is 9.06. The number of rotatable bonds is 8. The summed E-state index contributed by atoms with van der Waals surface area (Å²) in [5, 5.41) is 1.03. The van der Waals surface area contributed by atoms with Crippen molar-refractivity contribution in [2.24, 2.45) is 5.41 Å². The summed E-state index contributed by atoms with van der Waals surface area (Å²) in [5.74, 6) is 0.106. The molecule has 4 heteroatoms. The van der Waals surface area contributed by atoms with E-state index in [1.54, 1.807) is 6.07 Å². The molecule has 0 radical (unpaired) electrons. The van der Waals surface area contributed by atoms with Gasteiger partial charge < -0.3 is 4.74 Å². The average molecular weight is 352 g/mol. The molecule has 0 N–H and O–H groups in total. The second-order valence-electron chi connectivity index (χ2n) is 5.00. The first kappa shape index (κ1) is 16.8. The molecule has 0 unspecified atom stereocenters. The summed E-state index contributed by atoms with van der Waals surface area (Å²) in [5.41, 5.74) is 0.125. The minimum absolute atomic E-state index is 0.125. The summed E-state index contributed by atoms with van der Waals surface area (Å²) in [6.45, 7) is 4.95. The maximum absolute atomic E-state index is 13.4. The molecule has 0 fully saturated rings. The van der Waals surface area contributed by atoms with Crippen LogP contribution in [0.5, 0.6) is 5.75 Å². The number of benzene rings is 1. The van der Waals surface area contributed by atoms with Gasteiger partial charge in [-0.1, -0.05) is 54.2 Å². The monoisotopic (exact) mass is 350 g/mol. The molecule has 0 bridgehead atoms. The van der Waals surface area contributed by atoms with Crippen LogP contribution in [-0.4, -0.2) is 11.9 Å². The fourth-order valence-electron chi connectivity index (χ4n) is 2.31. The van der Waals surface area contributed by atoms with Gasteiger partial charge in [0.25, 0.3) is 0 Å². The van der Waals surface area contributed by atoms with Crippen LogP contribution in [0.4, 0.5) is 4.39 Å². The molecule has 0 heterocycles. The van der Waals surface area contributed by atoms with Crippen molar-refractivity contribution in [1.82, 2.24) is 0 Å². The highest BCUT2D eigenvalue weighted by Crippen LogP contribution is 2.33. The van der Waals surface area contributed by atoms with E-state index in [0.717, 1.165) is 31.0 Å². The lowest BCUT2D eigenvalue weighted by atomic mass is 9.82. The molecule has 108 valence electrons. The van der Waals surface area contributed by atoms with Gasteiger partial charge in [0.15, 0.2) is 0 Å². The van der Waals surface area contributed by atoms with Crippen molar-refractivity contribution in [2.45, 2.75) is 39.5 Å². The van der Waals surface area contributed by atoms with Gasteiger partial charge in [-0.15, -0.1) is 0 Å². The van der Waals surface area contributed by atoms with Crippen LogP contribution in [-0.2, 0) is 0 Å². The molecule has 0 spiro atoms. The third-order valence-corrected chi connectivity index (χ3v) is 4.78. The quantitative estimate of drug-likeness (QED) is 0.535. The van der Waals surface area contributed by atoms with Gasteiger partial charge in [-0.2, -0.15) is 0 Å². The van der Waals surface area contributed by atoms with Crippen LogP contribution in [0.25, 0.3) is 0 Å². The number of halogens is 3. The van der Waals surface area contributed by atoms with E-state index in [1.807, 2.05) is 0 Å². The smallest absolute Gasteiger partial charge is 0.145 e. The standard InChI is InChI=1S/C15H21BrClFO/c1-3-7-15(10-16,8-4-2)11-19-12-5-6-13(17)14(18)9-12/h5-6,9H,3-4,7-8,10-11H2,1-2H3. The summed E-state index contributed by atoms with van der Waals surface area (Å²) in [4.78, 5) is 0. The summed E-state index contributed by atoms with van der Waals surface area (Å²) in [7, 11) is 0. The van der Waals surface area contributed by atoms with Crippen LogP contribution in [0.15, 0.2) is 18.2 Å². The van der Waals surface area contributed by atoms with E-state index in [-0.39, 0.29) is 10.4 Å². The van der Waals surface area contributed by atoms with E-state index in [9.17, 15) is 4.39 Å². The molecule has 0 amide bonds. The average Bonchev–Trinajstić information content (AvgIpc) is 2.40. The third kappa shape index (κ3) is 4.96. The zero-order valence-electron chi connectivity index (χ0n) is 11.5. The maximum atomic E-state index is 13.4. The molecule has 1 rings (SSSR count). The zero-order valence-corrected chi connectivity index (χ0v) is 13.9. The Morgan fingerprint density at radius 1 is 1.26 bits per heavy atom. The Hall–Kier alpha value is -0.280. The van der Waals surface area contributed by atoms with Crippen LogP contribution in [0, 0.1) is 11.2 Å². The van der Waals surface area contributed by atoms with E-state index >= 15 is 0 Å². The highest BCUT2D eigenvalue weighted by molar-refractivity contribution is 9.09. The Labute approximate surface area is 128 Å². The first-order valence-corrected chi connectivity index (χ1v) is 8.20. The van der Waals surface area contributed by atoms with Gasteiger partial charge in [-0.25, -0.2) is 4.39 Å². The minimum Gasteiger partial charge on any atom is -0.493 e. The Bertz CT molecular complexity index is 392. The van der Waals surface area contributed by atoms with E-state index in [1.165, 1.54) is 12.1 Å². The lowest BCUT2D eigenvalue weighted by molar-refractivity contribution is 0.144. The summed E-state index contributed by atoms with van der Waals surface area (Å²) in [6, 6.07) is 4.59. The minimum atomic E-state index is -0.436. The van der Waals surface area contributed by atoms with Crippen molar-refractivity contribution in [1.29, 1.82) is 0 Å². The van der Waals surface area contributed by atoms with Gasteiger partial charge in [0, 0.05) is 16.8 Å². The Balaban J connectivity index is 2.71. The second kappa shape index (κ2) is 8.11. The van der Waals surface area contributed by atoms with Gasteiger partial charge in [-0.3, -0.25) is 0 Å². The molecule has 1 nitrogen and oxygen atoms in total. The number of alkyl halides is 1. The highest BCUT2D eigenvalue weighted by Gasteiger charge is 2.28. The third-order valence-electron chi connectivity index (χ3n) is 3.28. The Morgan fingerprint density at radius 2 is 1.89 bits per heavy atom. The Morgan fingerprint density at radius 3 is 2.37 bits per heavy atom. The summed E-state index contributed by atoms with van der Waals surface area (Å²) in [6.07, 6.45) is 4.43. The highest BCUT2D eigenvalue weighted by atomic mass is 79.9. The molecule has 1 aromatic carbocycles. The number of hydrogen-bond acceptors (Lipinski definition) is 1. The van der Waals surface area contributed by atoms with Crippen LogP contribution >= 0.6 is 27.5 Å². The lowest BCUT2D eigenvalue weighted by Crippen LogP contribution is -2.30. The lowest BCUT2D eigenvalue weighted by Gasteiger charge is -2.31. The molecule has 0 atom stereocenters. The molecular formula is C15H21BrClFO. The normalized spacial score (nSPS) is 11.6. The topological polar surface area (TPSA) is 9.23 Å². The number of ether oxygens (including phenoxy) is 1. The predicted octanol–water partition coefficient (Wildman–Crippen LogP) is 5.84. The van der Waals surface area contributed by atoms with Crippen molar-refractivity contribution in [3.8, 4) is 5.75 Å². The van der Waals surface area contributed by atoms with Crippen molar-refractivity contribution < 1.29 is 9.13 Å². The molecule has 0 aliphatic heterocycles. The fourth-order valence-corrected chi connectivity index (χ4v) is 3.15. The van der Waals surface area contributed by atoms with Gasteiger partial charge in [-0.05, 0) is 25.0 Å². The predicted molar refractivity (Wildman–Crippen MR) is 82.9 cm³/mol. The van der Waals surface area contributed by atoms with Crippen molar-refractivity contribution in [3.05, 3.63) is 29.0 Å². The van der Waals surface area contributed by atoms with Gasteiger partial charge >= 0.3 is 0 Å². The van der Waals surface area contributed by atoms with E-state index in [0.29, 0.717) is 12.4 Å². The van der Waals surface area contributed by atoms with Crippen molar-refractivity contribution in [3.63, 3.8) is 0 Å². The van der Waals surface area contributed by atoms with Gasteiger partial charge in [0.1, 0.15) is 11.6 Å². The molecule has 0 saturated heterocycles. The fraction of sp³-hybridized carbons (Fsp3) is 0.600. The first-order valence-electron chi connectivity index (χ1n) is 6.70. The van der Waals surface area contributed by atoms with Crippen LogP contribution in [0.1, 0.15) is 39.5 Å². The Kier molecular flexibility index (Phi) is 7.16. The maximum Gasteiger partial charge on any atom is 0.145 e. The van der Waals surface area contributed by atoms with Crippen LogP contribution in [0.2, 0.25) is 5.02 Å². The summed E-state index contributed by atoms with van der Waals surface area (Å²) < 4.78 is 19.1. The largest absolute Gasteiger partial charge is 0.493 e. The number of hydrogen-bond donors (Lipinski definition) is 0. The van der Waals surface area contributed by atoms with Crippen LogP contribution < -0.4 is 4.74 Å².